The molecule has 0 spiro atoms. The van der Waals surface area contributed by atoms with Crippen LogP contribution in [0.1, 0.15) is 37.0 Å². The fourth-order valence-corrected chi connectivity index (χ4v) is 2.21. The molecule has 0 saturated heterocycles. The Labute approximate surface area is 125 Å². The summed E-state index contributed by atoms with van der Waals surface area (Å²) >= 11 is 6.13. The summed E-state index contributed by atoms with van der Waals surface area (Å²) in [7, 11) is 0. The maximum Gasteiger partial charge on any atom is 0.151 e. The summed E-state index contributed by atoms with van der Waals surface area (Å²) in [6, 6.07) is 5.97. The van der Waals surface area contributed by atoms with Gasteiger partial charge < -0.3 is 10.3 Å². The monoisotopic (exact) mass is 292 g/mol. The van der Waals surface area contributed by atoms with Gasteiger partial charge in [0.15, 0.2) is 5.15 Å². The Morgan fingerprint density at radius 3 is 2.95 bits per heavy atom. The Balaban J connectivity index is 1.75. The predicted molar refractivity (Wildman–Crippen MR) is 81.9 cm³/mol. The van der Waals surface area contributed by atoms with Gasteiger partial charge in [0.25, 0.3) is 0 Å². The van der Waals surface area contributed by atoms with E-state index in [1.807, 2.05) is 24.4 Å². The molecule has 0 bridgehead atoms. The number of nitrogens with zero attached hydrogens (tertiary/aromatic N) is 2. The summed E-state index contributed by atoms with van der Waals surface area (Å²) in [5.74, 6) is 0.985. The Bertz CT molecular complexity index is 510. The zero-order chi connectivity index (χ0) is 14.2. The quantitative estimate of drug-likeness (QED) is 0.735. The molecule has 2 heterocycles. The molecule has 0 aromatic carbocycles. The predicted octanol–water partition coefficient (Wildman–Crippen LogP) is 3.13. The zero-order valence-electron chi connectivity index (χ0n) is 11.8. The molecule has 5 heteroatoms. The maximum atomic E-state index is 6.13. The maximum absolute atomic E-state index is 6.13. The van der Waals surface area contributed by atoms with E-state index in [4.69, 9.17) is 11.6 Å². The van der Waals surface area contributed by atoms with E-state index in [9.17, 15) is 0 Å². The SMILES string of the molecule is CCCCc1nc(Cl)c(CNCCc2ccccn2)[nH]1. The average Bonchev–Trinajstić information content (AvgIpc) is 2.83. The lowest BCUT2D eigenvalue weighted by Gasteiger charge is -2.03. The summed E-state index contributed by atoms with van der Waals surface area (Å²) < 4.78 is 0. The number of aromatic amines is 1. The van der Waals surface area contributed by atoms with E-state index in [2.05, 4.69) is 27.2 Å². The van der Waals surface area contributed by atoms with Gasteiger partial charge in [0.05, 0.1) is 5.69 Å². The second-order valence-electron chi connectivity index (χ2n) is 4.80. The second-order valence-corrected chi connectivity index (χ2v) is 5.16. The van der Waals surface area contributed by atoms with Gasteiger partial charge in [-0.1, -0.05) is 31.0 Å². The van der Waals surface area contributed by atoms with Crippen LogP contribution in [0.15, 0.2) is 24.4 Å². The van der Waals surface area contributed by atoms with E-state index in [1.54, 1.807) is 0 Å². The Hall–Kier alpha value is -1.39. The average molecular weight is 293 g/mol. The van der Waals surface area contributed by atoms with Crippen molar-refractivity contribution in [3.63, 3.8) is 0 Å². The summed E-state index contributed by atoms with van der Waals surface area (Å²) in [5, 5.41) is 3.95. The van der Waals surface area contributed by atoms with Crippen LogP contribution in [0.5, 0.6) is 0 Å². The molecule has 20 heavy (non-hydrogen) atoms. The van der Waals surface area contributed by atoms with E-state index in [0.717, 1.165) is 49.4 Å². The van der Waals surface area contributed by atoms with Crippen molar-refractivity contribution in [3.8, 4) is 0 Å². The molecular weight excluding hydrogens is 272 g/mol. The standard InChI is InChI=1S/C15H21ClN4/c1-2-3-7-14-19-13(15(16)20-14)11-17-10-8-12-6-4-5-9-18-12/h4-6,9,17H,2-3,7-8,10-11H2,1H3,(H,19,20). The molecule has 2 rings (SSSR count). The van der Waals surface area contributed by atoms with Crippen molar-refractivity contribution < 1.29 is 0 Å². The minimum atomic E-state index is 0.585. The smallest absolute Gasteiger partial charge is 0.151 e. The third-order valence-electron chi connectivity index (χ3n) is 3.13. The van der Waals surface area contributed by atoms with Crippen LogP contribution in [0.25, 0.3) is 0 Å². The highest BCUT2D eigenvalue weighted by Crippen LogP contribution is 2.13. The fourth-order valence-electron chi connectivity index (χ4n) is 2.00. The van der Waals surface area contributed by atoms with Gasteiger partial charge in [0.2, 0.25) is 0 Å². The first-order valence-electron chi connectivity index (χ1n) is 7.13. The second kappa shape index (κ2) is 8.02. The topological polar surface area (TPSA) is 53.6 Å². The van der Waals surface area contributed by atoms with Gasteiger partial charge in [0, 0.05) is 37.8 Å². The van der Waals surface area contributed by atoms with Gasteiger partial charge in [-0.25, -0.2) is 4.98 Å². The minimum Gasteiger partial charge on any atom is -0.344 e. The van der Waals surface area contributed by atoms with Crippen molar-refractivity contribution in [1.29, 1.82) is 0 Å². The summed E-state index contributed by atoms with van der Waals surface area (Å²) in [4.78, 5) is 11.9. The fraction of sp³-hybridized carbons (Fsp3) is 0.467. The van der Waals surface area contributed by atoms with Crippen molar-refractivity contribution in [2.24, 2.45) is 0 Å². The van der Waals surface area contributed by atoms with Crippen LogP contribution in [0.3, 0.4) is 0 Å². The van der Waals surface area contributed by atoms with Gasteiger partial charge >= 0.3 is 0 Å². The molecule has 2 aromatic heterocycles. The van der Waals surface area contributed by atoms with E-state index in [-0.39, 0.29) is 0 Å². The number of H-pyrrole nitrogens is 1. The number of hydrogen-bond donors (Lipinski definition) is 2. The number of halogens is 1. The van der Waals surface area contributed by atoms with E-state index < -0.39 is 0 Å². The molecule has 0 radical (unpaired) electrons. The highest BCUT2D eigenvalue weighted by Gasteiger charge is 2.07. The van der Waals surface area contributed by atoms with Crippen LogP contribution in [0.2, 0.25) is 5.15 Å². The molecule has 2 aromatic rings. The number of unbranched alkanes of at least 4 members (excludes halogenated alkanes) is 1. The van der Waals surface area contributed by atoms with Gasteiger partial charge in [-0.2, -0.15) is 0 Å². The molecule has 0 unspecified atom stereocenters. The molecule has 0 fully saturated rings. The molecule has 4 nitrogen and oxygen atoms in total. The summed E-state index contributed by atoms with van der Waals surface area (Å²) in [6.45, 7) is 3.76. The van der Waals surface area contributed by atoms with E-state index >= 15 is 0 Å². The Morgan fingerprint density at radius 2 is 2.20 bits per heavy atom. The summed E-state index contributed by atoms with van der Waals surface area (Å²) in [6.07, 6.45) is 5.99. The molecule has 0 aliphatic carbocycles. The molecule has 0 saturated carbocycles. The number of pyridine rings is 1. The van der Waals surface area contributed by atoms with Gasteiger partial charge in [0.1, 0.15) is 5.82 Å². The molecule has 2 N–H and O–H groups in total. The van der Waals surface area contributed by atoms with Gasteiger partial charge in [-0.3, -0.25) is 4.98 Å². The molecule has 0 aliphatic heterocycles. The van der Waals surface area contributed by atoms with Crippen LogP contribution < -0.4 is 5.32 Å². The van der Waals surface area contributed by atoms with Crippen molar-refractivity contribution in [2.45, 2.75) is 39.2 Å². The van der Waals surface area contributed by atoms with Crippen LogP contribution in [0, 0.1) is 0 Å². The number of aromatic nitrogens is 3. The van der Waals surface area contributed by atoms with Gasteiger partial charge in [-0.15, -0.1) is 0 Å². The highest BCUT2D eigenvalue weighted by molar-refractivity contribution is 6.30. The molecule has 108 valence electrons. The number of imidazole rings is 1. The lowest BCUT2D eigenvalue weighted by molar-refractivity contribution is 0.668. The zero-order valence-corrected chi connectivity index (χ0v) is 12.6. The Kier molecular flexibility index (Phi) is 6.02. The van der Waals surface area contributed by atoms with Crippen molar-refractivity contribution >= 4 is 11.6 Å². The van der Waals surface area contributed by atoms with E-state index in [0.29, 0.717) is 11.7 Å². The summed E-state index contributed by atoms with van der Waals surface area (Å²) in [5.41, 5.74) is 2.07. The minimum absolute atomic E-state index is 0.585. The first-order chi connectivity index (χ1) is 9.79. The lowest BCUT2D eigenvalue weighted by atomic mass is 10.2. The normalized spacial score (nSPS) is 10.9. The lowest BCUT2D eigenvalue weighted by Crippen LogP contribution is -2.17. The number of hydrogen-bond acceptors (Lipinski definition) is 3. The van der Waals surface area contributed by atoms with Crippen LogP contribution >= 0.6 is 11.6 Å². The molecule has 0 amide bonds. The Morgan fingerprint density at radius 1 is 1.30 bits per heavy atom. The number of aryl methyl sites for hydroxylation is 1. The molecular formula is C15H21ClN4. The number of nitrogens with one attached hydrogen (secondary N) is 2. The van der Waals surface area contributed by atoms with Crippen LogP contribution in [0.4, 0.5) is 0 Å². The van der Waals surface area contributed by atoms with Crippen molar-refractivity contribution in [2.75, 3.05) is 6.54 Å². The van der Waals surface area contributed by atoms with Crippen molar-refractivity contribution in [3.05, 3.63) is 46.8 Å². The molecule has 0 atom stereocenters. The molecule has 0 aliphatic rings. The number of rotatable bonds is 8. The largest absolute Gasteiger partial charge is 0.344 e. The van der Waals surface area contributed by atoms with Crippen molar-refractivity contribution in [1.82, 2.24) is 20.3 Å². The van der Waals surface area contributed by atoms with Gasteiger partial charge in [-0.05, 0) is 18.6 Å². The first-order valence-corrected chi connectivity index (χ1v) is 7.51. The third-order valence-corrected chi connectivity index (χ3v) is 3.44. The first kappa shape index (κ1) is 15.0. The third kappa shape index (κ3) is 4.62. The van der Waals surface area contributed by atoms with Crippen LogP contribution in [-0.4, -0.2) is 21.5 Å². The highest BCUT2D eigenvalue weighted by atomic mass is 35.5. The van der Waals surface area contributed by atoms with Crippen LogP contribution in [-0.2, 0) is 19.4 Å². The van der Waals surface area contributed by atoms with E-state index in [1.165, 1.54) is 0 Å².